The summed E-state index contributed by atoms with van der Waals surface area (Å²) in [5.74, 6) is -1.53. The molecule has 0 aliphatic heterocycles. The molecule has 0 aliphatic carbocycles. The second-order valence-corrected chi connectivity index (χ2v) is 10.5. The maximum absolute atomic E-state index is 13.2. The monoisotopic (exact) mass is 573 g/mol. The van der Waals surface area contributed by atoms with Crippen molar-refractivity contribution in [2.45, 2.75) is 17.1 Å². The molecule has 202 valence electrons. The lowest BCUT2D eigenvalue weighted by molar-refractivity contribution is -0.115. The minimum Gasteiger partial charge on any atom is -0.325 e. The molecule has 3 N–H and O–H groups in total. The van der Waals surface area contributed by atoms with Crippen LogP contribution in [0.3, 0.4) is 0 Å². The largest absolute Gasteiger partial charge is 0.325 e. The molecule has 0 saturated heterocycles. The van der Waals surface area contributed by atoms with Crippen molar-refractivity contribution in [2.24, 2.45) is 0 Å². The summed E-state index contributed by atoms with van der Waals surface area (Å²) in [6.07, 6.45) is 1.57. The van der Waals surface area contributed by atoms with Gasteiger partial charge in [-0.15, -0.1) is 11.8 Å². The van der Waals surface area contributed by atoms with Gasteiger partial charge >= 0.3 is 0 Å². The lowest BCUT2D eigenvalue weighted by atomic mass is 10.1. The zero-order chi connectivity index (χ0) is 28.5. The Balaban J connectivity index is 1.42. The van der Waals surface area contributed by atoms with E-state index in [0.29, 0.717) is 27.5 Å². The van der Waals surface area contributed by atoms with Gasteiger partial charge in [0.2, 0.25) is 5.91 Å². The number of nitrogens with one attached hydrogen (secondary N) is 3. The summed E-state index contributed by atoms with van der Waals surface area (Å²) in [7, 11) is 0. The van der Waals surface area contributed by atoms with Crippen molar-refractivity contribution < 1.29 is 18.8 Å². The third-order valence-corrected chi connectivity index (χ3v) is 6.98. The fourth-order valence-electron chi connectivity index (χ4n) is 3.52. The lowest BCUT2D eigenvalue weighted by Gasteiger charge is -2.13. The lowest BCUT2D eigenvalue weighted by Crippen LogP contribution is -2.30. The Morgan fingerprint density at radius 3 is 2.05 bits per heavy atom. The van der Waals surface area contributed by atoms with Gasteiger partial charge in [-0.2, -0.15) is 0 Å². The fraction of sp³-hybridized carbons (Fsp3) is 0.0645. The average Bonchev–Trinajstić information content (AvgIpc) is 2.96. The van der Waals surface area contributed by atoms with Crippen molar-refractivity contribution >= 4 is 58.5 Å². The molecular formula is C31H25ClFN3O3S. The maximum Gasteiger partial charge on any atom is 0.272 e. The van der Waals surface area contributed by atoms with Gasteiger partial charge in [0, 0.05) is 26.9 Å². The molecule has 0 aliphatic rings. The van der Waals surface area contributed by atoms with E-state index in [2.05, 4.69) is 16.0 Å². The zero-order valence-electron chi connectivity index (χ0n) is 21.4. The Hall–Kier alpha value is -4.40. The maximum atomic E-state index is 13.2. The number of halogens is 2. The molecule has 4 aromatic rings. The molecule has 0 heterocycles. The van der Waals surface area contributed by atoms with E-state index in [1.807, 2.05) is 0 Å². The van der Waals surface area contributed by atoms with Crippen molar-refractivity contribution in [3.05, 3.63) is 131 Å². The van der Waals surface area contributed by atoms with Crippen molar-refractivity contribution in [1.29, 1.82) is 0 Å². The quantitative estimate of drug-likeness (QED) is 0.148. The van der Waals surface area contributed by atoms with Crippen molar-refractivity contribution in [3.63, 3.8) is 0 Å². The highest BCUT2D eigenvalue weighted by molar-refractivity contribution is 8.00. The summed E-state index contributed by atoms with van der Waals surface area (Å²) >= 11 is 7.32. The molecule has 4 rings (SSSR count). The number of anilines is 2. The summed E-state index contributed by atoms with van der Waals surface area (Å²) < 4.78 is 13.1. The molecule has 0 fully saturated rings. The van der Waals surface area contributed by atoms with Crippen LogP contribution < -0.4 is 16.0 Å². The number of hydrogen-bond acceptors (Lipinski definition) is 4. The van der Waals surface area contributed by atoms with Gasteiger partial charge < -0.3 is 16.0 Å². The predicted molar refractivity (Wildman–Crippen MR) is 159 cm³/mol. The van der Waals surface area contributed by atoms with Crippen LogP contribution in [-0.4, -0.2) is 23.0 Å². The first kappa shape index (κ1) is 28.6. The molecule has 1 unspecified atom stereocenters. The van der Waals surface area contributed by atoms with Gasteiger partial charge in [0.05, 0.1) is 5.25 Å². The molecule has 0 bridgehead atoms. The van der Waals surface area contributed by atoms with E-state index >= 15 is 0 Å². The average molecular weight is 574 g/mol. The molecule has 0 radical (unpaired) electrons. The summed E-state index contributed by atoms with van der Waals surface area (Å²) in [6, 6.07) is 28.0. The summed E-state index contributed by atoms with van der Waals surface area (Å²) in [6.45, 7) is 1.77. The second-order valence-electron chi connectivity index (χ2n) is 8.66. The van der Waals surface area contributed by atoms with E-state index < -0.39 is 17.1 Å². The van der Waals surface area contributed by atoms with Gasteiger partial charge in [-0.1, -0.05) is 41.9 Å². The second kappa shape index (κ2) is 13.6. The highest BCUT2D eigenvalue weighted by atomic mass is 35.5. The zero-order valence-corrected chi connectivity index (χ0v) is 22.9. The standard InChI is InChI=1S/C31H25ClFN3O3S/c1-20(29(37)34-25-13-11-24(33)12-14-25)40-27-17-15-26(16-18-27)35-31(39)28(19-21-7-9-23(32)10-8-21)36-30(38)22-5-3-2-4-6-22/h2-20H,1H3,(H,34,37)(H,35,39)(H,36,38)/b28-19-. The molecule has 0 aromatic heterocycles. The first-order valence-electron chi connectivity index (χ1n) is 12.2. The third-order valence-electron chi connectivity index (χ3n) is 5.62. The van der Waals surface area contributed by atoms with Gasteiger partial charge in [0.15, 0.2) is 0 Å². The van der Waals surface area contributed by atoms with Crippen LogP contribution in [0.25, 0.3) is 6.08 Å². The Labute approximate surface area is 240 Å². The molecule has 6 nitrogen and oxygen atoms in total. The van der Waals surface area contributed by atoms with Crippen LogP contribution in [0.1, 0.15) is 22.8 Å². The van der Waals surface area contributed by atoms with E-state index in [-0.39, 0.29) is 17.4 Å². The van der Waals surface area contributed by atoms with Gasteiger partial charge in [-0.3, -0.25) is 14.4 Å². The molecule has 0 spiro atoms. The van der Waals surface area contributed by atoms with Gasteiger partial charge in [-0.05, 0) is 91.4 Å². The summed E-state index contributed by atoms with van der Waals surface area (Å²) in [4.78, 5) is 39.3. The normalized spacial score (nSPS) is 11.8. The number of hydrogen-bond donors (Lipinski definition) is 3. The molecule has 40 heavy (non-hydrogen) atoms. The number of rotatable bonds is 9. The smallest absolute Gasteiger partial charge is 0.272 e. The highest BCUT2D eigenvalue weighted by Gasteiger charge is 2.17. The van der Waals surface area contributed by atoms with Gasteiger partial charge in [0.25, 0.3) is 11.8 Å². The van der Waals surface area contributed by atoms with E-state index in [9.17, 15) is 18.8 Å². The van der Waals surface area contributed by atoms with Gasteiger partial charge in [-0.25, -0.2) is 4.39 Å². The molecule has 9 heteroatoms. The van der Waals surface area contributed by atoms with Crippen LogP contribution in [0.15, 0.2) is 114 Å². The number of carbonyl (C=O) groups is 3. The Kier molecular flexibility index (Phi) is 9.72. The summed E-state index contributed by atoms with van der Waals surface area (Å²) in [5.41, 5.74) is 2.17. The van der Waals surface area contributed by atoms with Gasteiger partial charge in [0.1, 0.15) is 11.5 Å². The number of amides is 3. The minimum atomic E-state index is -0.508. The van der Waals surface area contributed by atoms with Crippen molar-refractivity contribution in [3.8, 4) is 0 Å². The van der Waals surface area contributed by atoms with Crippen LogP contribution in [0.5, 0.6) is 0 Å². The van der Waals surface area contributed by atoms with E-state index in [0.717, 1.165) is 4.90 Å². The number of carbonyl (C=O) groups excluding carboxylic acids is 3. The van der Waals surface area contributed by atoms with Crippen LogP contribution in [-0.2, 0) is 9.59 Å². The third kappa shape index (κ3) is 8.30. The number of thioether (sulfide) groups is 1. The molecule has 1 atom stereocenters. The van der Waals surface area contributed by atoms with Crippen LogP contribution in [0.2, 0.25) is 5.02 Å². The fourth-order valence-corrected chi connectivity index (χ4v) is 4.51. The first-order chi connectivity index (χ1) is 19.3. The van der Waals surface area contributed by atoms with E-state index in [4.69, 9.17) is 11.6 Å². The molecular weight excluding hydrogens is 549 g/mol. The Morgan fingerprint density at radius 2 is 1.40 bits per heavy atom. The van der Waals surface area contributed by atoms with E-state index in [1.54, 1.807) is 91.9 Å². The first-order valence-corrected chi connectivity index (χ1v) is 13.5. The van der Waals surface area contributed by atoms with Crippen molar-refractivity contribution in [1.82, 2.24) is 5.32 Å². The Bertz CT molecular complexity index is 1510. The van der Waals surface area contributed by atoms with Crippen LogP contribution in [0.4, 0.5) is 15.8 Å². The van der Waals surface area contributed by atoms with Crippen LogP contribution in [0, 0.1) is 5.82 Å². The Morgan fingerprint density at radius 1 is 0.800 bits per heavy atom. The van der Waals surface area contributed by atoms with E-state index in [1.165, 1.54) is 36.0 Å². The van der Waals surface area contributed by atoms with Crippen molar-refractivity contribution in [2.75, 3.05) is 10.6 Å². The SMILES string of the molecule is CC(Sc1ccc(NC(=O)/C(=C/c2ccc(Cl)cc2)NC(=O)c2ccccc2)cc1)C(=O)Nc1ccc(F)cc1. The predicted octanol–water partition coefficient (Wildman–Crippen LogP) is 7.01. The van der Waals surface area contributed by atoms with Crippen LogP contribution >= 0.6 is 23.4 Å². The minimum absolute atomic E-state index is 0.0562. The number of benzene rings is 4. The molecule has 3 amide bonds. The molecule has 4 aromatic carbocycles. The summed E-state index contributed by atoms with van der Waals surface area (Å²) in [5, 5.41) is 8.39. The molecule has 0 saturated carbocycles. The topological polar surface area (TPSA) is 87.3 Å². The highest BCUT2D eigenvalue weighted by Crippen LogP contribution is 2.26.